The molecular formula is C21H23N2P. The first kappa shape index (κ1) is 15.6. The fourth-order valence-corrected chi connectivity index (χ4v) is 7.00. The van der Waals surface area contributed by atoms with Gasteiger partial charge in [-0.2, -0.15) is 0 Å². The van der Waals surface area contributed by atoms with Gasteiger partial charge in [-0.25, -0.2) is 0 Å². The lowest BCUT2D eigenvalue weighted by molar-refractivity contribution is 0.691. The highest BCUT2D eigenvalue weighted by molar-refractivity contribution is 7.56. The van der Waals surface area contributed by atoms with E-state index < -0.39 is 7.53 Å². The highest BCUT2D eigenvalue weighted by atomic mass is 31.1. The molecule has 1 aliphatic rings. The first-order valence-electron chi connectivity index (χ1n) is 8.86. The van der Waals surface area contributed by atoms with Crippen molar-refractivity contribution in [2.75, 3.05) is 0 Å². The second-order valence-electron chi connectivity index (χ2n) is 6.76. The summed E-state index contributed by atoms with van der Waals surface area (Å²) in [6.07, 6.45) is 8.85. The van der Waals surface area contributed by atoms with Crippen molar-refractivity contribution in [1.29, 1.82) is 0 Å². The third-order valence-corrected chi connectivity index (χ3v) is 7.85. The molecule has 3 aromatic heterocycles. The van der Waals surface area contributed by atoms with Crippen molar-refractivity contribution in [3.8, 4) is 22.0 Å². The fraction of sp³-hybridized carbons (Fsp3) is 0.333. The van der Waals surface area contributed by atoms with Crippen LogP contribution in [0.5, 0.6) is 0 Å². The fourth-order valence-electron chi connectivity index (χ4n) is 3.91. The molecule has 0 saturated heterocycles. The summed E-state index contributed by atoms with van der Waals surface area (Å²) in [6.45, 7) is 4.71. The maximum absolute atomic E-state index is 4.72. The van der Waals surface area contributed by atoms with Crippen LogP contribution < -0.4 is 0 Å². The summed E-state index contributed by atoms with van der Waals surface area (Å²) in [5.74, 6) is 0. The smallest absolute Gasteiger partial charge is 0.0744 e. The summed E-state index contributed by atoms with van der Waals surface area (Å²) < 4.78 is 0. The minimum absolute atomic E-state index is 0.400. The minimum atomic E-state index is -0.400. The Balaban J connectivity index is 2.05. The molecule has 0 unspecified atom stereocenters. The minimum Gasteiger partial charge on any atom is -0.256 e. The molecule has 0 aromatic carbocycles. The van der Waals surface area contributed by atoms with Gasteiger partial charge in [0.25, 0.3) is 0 Å². The first-order valence-corrected chi connectivity index (χ1v) is 10.3. The van der Waals surface area contributed by atoms with Gasteiger partial charge in [-0.1, -0.05) is 26.0 Å². The molecular weight excluding hydrogens is 311 g/mol. The Labute approximate surface area is 145 Å². The lowest BCUT2D eigenvalue weighted by Crippen LogP contribution is -2.01. The average Bonchev–Trinajstić information content (AvgIpc) is 2.98. The summed E-state index contributed by atoms with van der Waals surface area (Å²) in [5, 5.41) is 3.05. The summed E-state index contributed by atoms with van der Waals surface area (Å²) in [4.78, 5) is 9.45. The van der Waals surface area contributed by atoms with E-state index in [1.165, 1.54) is 47.7 Å². The van der Waals surface area contributed by atoms with Crippen molar-refractivity contribution in [2.24, 2.45) is 0 Å². The largest absolute Gasteiger partial charge is 0.256 e. The molecule has 3 heteroatoms. The van der Waals surface area contributed by atoms with E-state index in [0.717, 1.165) is 0 Å². The zero-order chi connectivity index (χ0) is 16.5. The number of fused-ring (bicyclic) bond motifs is 1. The molecule has 0 bridgehead atoms. The van der Waals surface area contributed by atoms with Crippen LogP contribution in [0.3, 0.4) is 0 Å². The maximum Gasteiger partial charge on any atom is 0.0744 e. The van der Waals surface area contributed by atoms with E-state index in [1.807, 2.05) is 24.5 Å². The molecule has 4 rings (SSSR count). The van der Waals surface area contributed by atoms with E-state index in [9.17, 15) is 0 Å². The zero-order valence-corrected chi connectivity index (χ0v) is 15.3. The number of hydrogen-bond donors (Lipinski definition) is 0. The van der Waals surface area contributed by atoms with Crippen LogP contribution in [0.4, 0.5) is 0 Å². The molecule has 0 fully saturated rings. The Hall–Kier alpha value is -1.92. The molecule has 122 valence electrons. The number of nitrogens with zero attached hydrogens (tertiary/aromatic N) is 2. The highest BCUT2D eigenvalue weighted by Gasteiger charge is 2.28. The van der Waals surface area contributed by atoms with Crippen LogP contribution in [0.25, 0.3) is 22.0 Å². The highest BCUT2D eigenvalue weighted by Crippen LogP contribution is 2.61. The zero-order valence-electron chi connectivity index (χ0n) is 14.4. The Bertz CT molecular complexity index is 768. The topological polar surface area (TPSA) is 25.8 Å². The second kappa shape index (κ2) is 6.53. The van der Waals surface area contributed by atoms with Gasteiger partial charge in [0.05, 0.1) is 11.4 Å². The Morgan fingerprint density at radius 2 is 1.29 bits per heavy atom. The number of pyridine rings is 2. The molecule has 24 heavy (non-hydrogen) atoms. The van der Waals surface area contributed by atoms with Crippen LogP contribution in [0.2, 0.25) is 0 Å². The van der Waals surface area contributed by atoms with E-state index in [1.54, 1.807) is 11.1 Å². The molecule has 0 spiro atoms. The van der Waals surface area contributed by atoms with Gasteiger partial charge in [-0.05, 0) is 66.7 Å². The molecule has 0 radical (unpaired) electrons. The van der Waals surface area contributed by atoms with Crippen molar-refractivity contribution in [3.63, 3.8) is 0 Å². The monoisotopic (exact) mass is 334 g/mol. The van der Waals surface area contributed by atoms with E-state index in [-0.39, 0.29) is 0 Å². The maximum atomic E-state index is 4.72. The van der Waals surface area contributed by atoms with Gasteiger partial charge in [-0.3, -0.25) is 9.97 Å². The molecule has 2 nitrogen and oxygen atoms in total. The first-order chi connectivity index (χ1) is 11.8. The normalized spacial score (nSPS) is 14.0. The number of rotatable bonds is 3. The van der Waals surface area contributed by atoms with Crippen LogP contribution in [-0.4, -0.2) is 9.97 Å². The van der Waals surface area contributed by atoms with Gasteiger partial charge in [-0.15, -0.1) is 7.53 Å². The second-order valence-corrected chi connectivity index (χ2v) is 9.42. The lowest BCUT2D eigenvalue weighted by atomic mass is 9.91. The van der Waals surface area contributed by atoms with E-state index >= 15 is 0 Å². The Morgan fingerprint density at radius 1 is 0.792 bits per heavy atom. The molecule has 0 saturated carbocycles. The van der Waals surface area contributed by atoms with Crippen molar-refractivity contribution in [2.45, 2.75) is 45.2 Å². The van der Waals surface area contributed by atoms with Crippen molar-refractivity contribution in [3.05, 3.63) is 59.9 Å². The third kappa shape index (κ3) is 2.59. The molecule has 0 aliphatic heterocycles. The summed E-state index contributed by atoms with van der Waals surface area (Å²) in [6, 6.07) is 12.6. The average molecular weight is 334 g/mol. The lowest BCUT2D eigenvalue weighted by Gasteiger charge is -2.14. The summed E-state index contributed by atoms with van der Waals surface area (Å²) in [7, 11) is -0.400. The van der Waals surface area contributed by atoms with Gasteiger partial charge in [0.2, 0.25) is 0 Å². The molecule has 3 heterocycles. The summed E-state index contributed by atoms with van der Waals surface area (Å²) >= 11 is 0. The molecule has 1 aliphatic carbocycles. The summed E-state index contributed by atoms with van der Waals surface area (Å²) in [5.41, 5.74) is 6.12. The predicted molar refractivity (Wildman–Crippen MR) is 103 cm³/mol. The standard InChI is InChI=1S/C21H23N2P/c1-15(2)24-20(18-11-5-7-13-22-18)16-9-3-4-10-17(16)21(24)19-12-6-8-14-23-19/h5-8,11-15H,3-4,9-10H2,1-2H3. The number of aromatic nitrogens is 2. The number of hydrogen-bond acceptors (Lipinski definition) is 2. The van der Waals surface area contributed by atoms with Crippen LogP contribution in [-0.2, 0) is 12.8 Å². The van der Waals surface area contributed by atoms with Crippen molar-refractivity contribution < 1.29 is 0 Å². The van der Waals surface area contributed by atoms with Gasteiger partial charge in [0, 0.05) is 23.0 Å². The van der Waals surface area contributed by atoms with Gasteiger partial charge >= 0.3 is 0 Å². The van der Waals surface area contributed by atoms with Gasteiger partial charge in [0.15, 0.2) is 0 Å². The quantitative estimate of drug-likeness (QED) is 0.565. The van der Waals surface area contributed by atoms with Crippen LogP contribution >= 0.6 is 7.53 Å². The molecule has 0 N–H and O–H groups in total. The molecule has 0 atom stereocenters. The predicted octanol–water partition coefficient (Wildman–Crippen LogP) is 6.26. The SMILES string of the molecule is CC(C)p1c(-c2ccccn2)c2c(c1-c1ccccn1)CCCC2. The Morgan fingerprint density at radius 3 is 1.67 bits per heavy atom. The van der Waals surface area contributed by atoms with Gasteiger partial charge in [0.1, 0.15) is 0 Å². The van der Waals surface area contributed by atoms with Crippen molar-refractivity contribution >= 4 is 7.53 Å². The van der Waals surface area contributed by atoms with E-state index in [2.05, 4.69) is 38.1 Å². The van der Waals surface area contributed by atoms with E-state index in [4.69, 9.17) is 9.97 Å². The third-order valence-electron chi connectivity index (χ3n) is 4.85. The molecule has 3 aromatic rings. The Kier molecular flexibility index (Phi) is 4.24. The van der Waals surface area contributed by atoms with Gasteiger partial charge < -0.3 is 0 Å². The molecule has 0 amide bonds. The van der Waals surface area contributed by atoms with E-state index in [0.29, 0.717) is 5.66 Å². The van der Waals surface area contributed by atoms with Crippen LogP contribution in [0.1, 0.15) is 43.5 Å². The van der Waals surface area contributed by atoms with Crippen LogP contribution in [0.15, 0.2) is 48.8 Å². The van der Waals surface area contributed by atoms with Crippen LogP contribution in [0, 0.1) is 0 Å². The van der Waals surface area contributed by atoms with Crippen molar-refractivity contribution in [1.82, 2.24) is 9.97 Å².